The molecule has 8 nitrogen and oxygen atoms in total. The number of carbonyl (C=O) groups excluding carboxylic acids is 3. The van der Waals surface area contributed by atoms with Crippen LogP contribution in [0.4, 0.5) is 4.79 Å². The maximum absolute atomic E-state index is 14.3. The molecule has 0 radical (unpaired) electrons. The Balaban J connectivity index is 1.07. The molecule has 2 saturated heterocycles. The average molecular weight is 587 g/mol. The number of piperidine rings is 1. The zero-order chi connectivity index (χ0) is 30.1. The molecule has 236 valence electrons. The first-order chi connectivity index (χ1) is 19.8. The summed E-state index contributed by atoms with van der Waals surface area (Å²) in [5, 5.41) is 6.39. The summed E-state index contributed by atoms with van der Waals surface area (Å²) in [6.07, 6.45) is 9.94. The molecule has 4 aliphatic carbocycles. The quantitative estimate of drug-likeness (QED) is 0.404. The van der Waals surface area contributed by atoms with Crippen LogP contribution in [0.5, 0.6) is 0 Å². The Bertz CT molecular complexity index is 1080. The number of carbonyl (C=O) groups is 3. The molecule has 6 aliphatic rings. The summed E-state index contributed by atoms with van der Waals surface area (Å²) >= 11 is 0. The van der Waals surface area contributed by atoms with E-state index in [1.54, 1.807) is 0 Å². The number of ketones is 1. The molecule has 42 heavy (non-hydrogen) atoms. The lowest BCUT2D eigenvalue weighted by Crippen LogP contribution is -2.59. The van der Waals surface area contributed by atoms with Gasteiger partial charge in [-0.3, -0.25) is 14.9 Å². The van der Waals surface area contributed by atoms with Crippen LogP contribution in [0.15, 0.2) is 0 Å². The minimum atomic E-state index is -0.571. The zero-order valence-electron chi connectivity index (χ0n) is 26.8. The van der Waals surface area contributed by atoms with Crippen LogP contribution in [0.2, 0.25) is 0 Å². The molecule has 5 unspecified atom stereocenters. The van der Waals surface area contributed by atoms with Crippen LogP contribution < -0.4 is 10.6 Å². The Morgan fingerprint density at radius 1 is 1.07 bits per heavy atom. The fourth-order valence-electron chi connectivity index (χ4n) is 10.9. The molecule has 1 amide bonds. The van der Waals surface area contributed by atoms with Crippen molar-refractivity contribution < 1.29 is 28.6 Å². The summed E-state index contributed by atoms with van der Waals surface area (Å²) in [4.78, 5) is 38.8. The Morgan fingerprint density at radius 2 is 1.86 bits per heavy atom. The molecule has 0 aromatic heterocycles. The van der Waals surface area contributed by atoms with E-state index in [0.29, 0.717) is 47.7 Å². The number of fused-ring (bicyclic) bond motifs is 7. The van der Waals surface area contributed by atoms with Crippen molar-refractivity contribution in [3.8, 4) is 0 Å². The largest absolute Gasteiger partial charge is 0.462 e. The van der Waals surface area contributed by atoms with Gasteiger partial charge in [0, 0.05) is 30.2 Å². The van der Waals surface area contributed by atoms with Gasteiger partial charge in [0.25, 0.3) is 0 Å². The number of alkyl carbamates (subject to hydrolysis) is 1. The molecule has 11 atom stereocenters. The predicted octanol–water partition coefficient (Wildman–Crippen LogP) is 5.77. The van der Waals surface area contributed by atoms with Gasteiger partial charge in [-0.05, 0) is 114 Å². The van der Waals surface area contributed by atoms with Gasteiger partial charge in [0.15, 0.2) is 0 Å². The summed E-state index contributed by atoms with van der Waals surface area (Å²) in [5.41, 5.74) is -0.976. The van der Waals surface area contributed by atoms with Crippen LogP contribution in [-0.4, -0.2) is 54.5 Å². The highest BCUT2D eigenvalue weighted by atomic mass is 16.6. The first kappa shape index (κ1) is 30.4. The van der Waals surface area contributed by atoms with Crippen molar-refractivity contribution in [3.63, 3.8) is 0 Å². The zero-order valence-corrected chi connectivity index (χ0v) is 26.8. The van der Waals surface area contributed by atoms with Crippen LogP contribution in [-0.2, 0) is 23.8 Å². The molecule has 1 spiro atoms. The molecule has 2 heterocycles. The van der Waals surface area contributed by atoms with Crippen molar-refractivity contribution in [2.75, 3.05) is 13.1 Å². The molecule has 2 aliphatic heterocycles. The molecule has 0 aromatic rings. The number of nitrogens with one attached hydrogen (secondary N) is 2. The lowest BCUT2D eigenvalue weighted by molar-refractivity contribution is -0.169. The molecular formula is C34H54N2O6. The number of hydrogen-bond donors (Lipinski definition) is 2. The van der Waals surface area contributed by atoms with Crippen LogP contribution >= 0.6 is 0 Å². The van der Waals surface area contributed by atoms with Gasteiger partial charge in [-0.15, -0.1) is 0 Å². The summed E-state index contributed by atoms with van der Waals surface area (Å²) in [6, 6.07) is 0. The maximum Gasteiger partial charge on any atom is 0.407 e. The van der Waals surface area contributed by atoms with E-state index in [1.807, 2.05) is 20.8 Å². The van der Waals surface area contributed by atoms with E-state index in [9.17, 15) is 14.4 Å². The molecule has 6 fully saturated rings. The van der Waals surface area contributed by atoms with Crippen LogP contribution in [0.1, 0.15) is 112 Å². The van der Waals surface area contributed by atoms with E-state index in [2.05, 4.69) is 31.4 Å². The third-order valence-electron chi connectivity index (χ3n) is 12.9. The predicted molar refractivity (Wildman–Crippen MR) is 158 cm³/mol. The molecule has 6 rings (SSSR count). The van der Waals surface area contributed by atoms with Gasteiger partial charge in [0.05, 0.1) is 12.5 Å². The van der Waals surface area contributed by atoms with E-state index < -0.39 is 11.7 Å². The Labute approximate surface area is 252 Å². The highest BCUT2D eigenvalue weighted by molar-refractivity contribution is 5.87. The van der Waals surface area contributed by atoms with E-state index in [1.165, 1.54) is 12.8 Å². The third-order valence-corrected chi connectivity index (χ3v) is 12.9. The number of amides is 1. The van der Waals surface area contributed by atoms with Gasteiger partial charge in [0.2, 0.25) is 0 Å². The maximum atomic E-state index is 14.3. The van der Waals surface area contributed by atoms with Crippen molar-refractivity contribution >= 4 is 17.8 Å². The van der Waals surface area contributed by atoms with Gasteiger partial charge >= 0.3 is 12.1 Å². The number of ether oxygens (including phenoxy) is 3. The number of Topliss-reactive ketones (excluding diaryl/α,β-unsaturated/α-hetero) is 1. The second-order valence-electron chi connectivity index (χ2n) is 16.1. The monoisotopic (exact) mass is 586 g/mol. The van der Waals surface area contributed by atoms with Crippen LogP contribution in [0, 0.1) is 46.3 Å². The number of esters is 1. The van der Waals surface area contributed by atoms with E-state index in [-0.39, 0.29) is 47.7 Å². The Hall–Kier alpha value is -1.67. The molecule has 8 heteroatoms. The first-order valence-electron chi connectivity index (χ1n) is 16.9. The second-order valence-corrected chi connectivity index (χ2v) is 16.1. The summed E-state index contributed by atoms with van der Waals surface area (Å²) in [6.45, 7) is 13.7. The fourth-order valence-corrected chi connectivity index (χ4v) is 10.9. The van der Waals surface area contributed by atoms with Gasteiger partial charge < -0.3 is 19.5 Å². The Kier molecular flexibility index (Phi) is 7.77. The SMILES string of the molecule is C[C@H]1C2C(CC3C4CC[C@H]5C[C@@H](OC(=O)CCNC(=O)OC(C)(C)C)CC[C@]5(C)C4CC(=O)[C@@]32C)O[C@]12CCCCN2. The summed E-state index contributed by atoms with van der Waals surface area (Å²) in [7, 11) is 0. The van der Waals surface area contributed by atoms with Gasteiger partial charge in [-0.1, -0.05) is 20.8 Å². The van der Waals surface area contributed by atoms with Crippen molar-refractivity contribution in [2.45, 2.75) is 136 Å². The molecule has 0 aromatic carbocycles. The van der Waals surface area contributed by atoms with Crippen molar-refractivity contribution in [1.29, 1.82) is 0 Å². The second kappa shape index (κ2) is 10.7. The molecular weight excluding hydrogens is 532 g/mol. The van der Waals surface area contributed by atoms with E-state index >= 15 is 0 Å². The first-order valence-corrected chi connectivity index (χ1v) is 16.9. The normalized spacial score (nSPS) is 46.3. The number of hydrogen-bond acceptors (Lipinski definition) is 7. The Morgan fingerprint density at radius 3 is 2.57 bits per heavy atom. The lowest BCUT2D eigenvalue weighted by Gasteiger charge is -2.60. The standard InChI is InChI=1S/C34H54N2O6/c1-20-29-26(41-34(20)13-7-8-15-36-34)18-25-23-10-9-21-17-22(40-28(38)12-16-35-30(39)42-31(2,3)4)11-14-32(21,5)24(23)19-27(37)33(25,29)6/h20-26,29,36H,7-19H2,1-6H3,(H,35,39)/t20-,21-,22-,23?,24?,25?,26?,29?,32-,33+,34+/m0/s1. The smallest absolute Gasteiger partial charge is 0.407 e. The van der Waals surface area contributed by atoms with E-state index in [0.717, 1.165) is 51.5 Å². The minimum Gasteiger partial charge on any atom is -0.462 e. The lowest BCUT2D eigenvalue weighted by atomic mass is 9.44. The van der Waals surface area contributed by atoms with Crippen molar-refractivity contribution in [3.05, 3.63) is 0 Å². The molecule has 0 bridgehead atoms. The topological polar surface area (TPSA) is 103 Å². The van der Waals surface area contributed by atoms with Crippen molar-refractivity contribution in [2.24, 2.45) is 46.3 Å². The third kappa shape index (κ3) is 5.00. The average Bonchev–Trinajstić information content (AvgIpc) is 3.35. The van der Waals surface area contributed by atoms with Gasteiger partial charge in [0.1, 0.15) is 23.2 Å². The van der Waals surface area contributed by atoms with Gasteiger partial charge in [-0.25, -0.2) is 4.79 Å². The number of rotatable bonds is 4. The summed E-state index contributed by atoms with van der Waals surface area (Å²) in [5.74, 6) is 2.74. The van der Waals surface area contributed by atoms with Crippen LogP contribution in [0.25, 0.3) is 0 Å². The minimum absolute atomic E-state index is 0.0857. The van der Waals surface area contributed by atoms with Crippen molar-refractivity contribution in [1.82, 2.24) is 10.6 Å². The highest BCUT2D eigenvalue weighted by Crippen LogP contribution is 2.70. The van der Waals surface area contributed by atoms with Gasteiger partial charge in [-0.2, -0.15) is 0 Å². The highest BCUT2D eigenvalue weighted by Gasteiger charge is 2.71. The molecule has 4 saturated carbocycles. The van der Waals surface area contributed by atoms with E-state index in [4.69, 9.17) is 14.2 Å². The fraction of sp³-hybridized carbons (Fsp3) is 0.912. The summed E-state index contributed by atoms with van der Waals surface area (Å²) < 4.78 is 18.1. The molecule has 2 N–H and O–H groups in total. The van der Waals surface area contributed by atoms with Crippen LogP contribution in [0.3, 0.4) is 0 Å².